The molecule has 0 unspecified atom stereocenters. The third-order valence-corrected chi connectivity index (χ3v) is 3.82. The van der Waals surface area contributed by atoms with Gasteiger partial charge in [0.25, 0.3) is 0 Å². The Morgan fingerprint density at radius 1 is 1.14 bits per heavy atom. The molecule has 1 aromatic carbocycles. The van der Waals surface area contributed by atoms with Crippen LogP contribution in [0.3, 0.4) is 0 Å². The van der Waals surface area contributed by atoms with Crippen LogP contribution in [0.4, 0.5) is 0 Å². The maximum atomic E-state index is 5.66. The average molecular weight is 293 g/mol. The summed E-state index contributed by atoms with van der Waals surface area (Å²) in [6.07, 6.45) is 6.36. The van der Waals surface area contributed by atoms with Crippen molar-refractivity contribution in [3.05, 3.63) is 54.5 Å². The van der Waals surface area contributed by atoms with Crippen LogP contribution in [0.2, 0.25) is 0 Å². The Morgan fingerprint density at radius 3 is 3.00 bits per heavy atom. The van der Waals surface area contributed by atoms with Crippen LogP contribution in [-0.4, -0.2) is 28.3 Å². The van der Waals surface area contributed by atoms with Crippen molar-refractivity contribution >= 4 is 0 Å². The van der Waals surface area contributed by atoms with E-state index < -0.39 is 0 Å². The Hall–Kier alpha value is -2.82. The molecule has 0 atom stereocenters. The minimum Gasteiger partial charge on any atom is -0.493 e. The van der Waals surface area contributed by atoms with Crippen molar-refractivity contribution in [2.75, 3.05) is 13.7 Å². The Kier molecular flexibility index (Phi) is 3.04. The average Bonchev–Trinajstić information content (AvgIpc) is 3.23. The number of imidazole rings is 1. The van der Waals surface area contributed by atoms with Gasteiger partial charge in [-0.05, 0) is 24.3 Å². The molecule has 22 heavy (non-hydrogen) atoms. The summed E-state index contributed by atoms with van der Waals surface area (Å²) >= 11 is 0. The van der Waals surface area contributed by atoms with Gasteiger partial charge in [-0.25, -0.2) is 9.97 Å². The van der Waals surface area contributed by atoms with Crippen molar-refractivity contribution in [1.82, 2.24) is 14.5 Å². The summed E-state index contributed by atoms with van der Waals surface area (Å²) in [4.78, 5) is 8.76. The minimum atomic E-state index is 0.568. The first-order valence-corrected chi connectivity index (χ1v) is 7.16. The van der Waals surface area contributed by atoms with Crippen LogP contribution < -0.4 is 9.47 Å². The molecule has 0 amide bonds. The zero-order chi connectivity index (χ0) is 14.9. The number of methoxy groups -OCH3 is 1. The third-order valence-electron chi connectivity index (χ3n) is 3.82. The van der Waals surface area contributed by atoms with E-state index in [4.69, 9.17) is 9.47 Å². The van der Waals surface area contributed by atoms with Crippen LogP contribution >= 0.6 is 0 Å². The van der Waals surface area contributed by atoms with Gasteiger partial charge >= 0.3 is 0 Å². The number of benzene rings is 1. The Morgan fingerprint density at radius 2 is 2.09 bits per heavy atom. The Bertz CT molecular complexity index is 826. The predicted octanol–water partition coefficient (Wildman–Crippen LogP) is 2.88. The molecule has 5 nitrogen and oxygen atoms in total. The van der Waals surface area contributed by atoms with Gasteiger partial charge in [0.05, 0.1) is 25.0 Å². The fraction of sp³-hybridized carbons (Fsp3) is 0.176. The maximum Gasteiger partial charge on any atom is 0.224 e. The Balaban J connectivity index is 1.90. The largest absolute Gasteiger partial charge is 0.493 e. The SMILES string of the molecule is COc1ncccc1-c1nccn1-c1cccc2c1CCO2. The molecule has 3 aromatic rings. The smallest absolute Gasteiger partial charge is 0.224 e. The van der Waals surface area contributed by atoms with E-state index in [1.165, 1.54) is 5.56 Å². The number of pyridine rings is 1. The molecular formula is C17H15N3O2. The molecule has 5 heteroatoms. The van der Waals surface area contributed by atoms with Crippen molar-refractivity contribution < 1.29 is 9.47 Å². The number of hydrogen-bond acceptors (Lipinski definition) is 4. The number of aromatic nitrogens is 3. The van der Waals surface area contributed by atoms with E-state index >= 15 is 0 Å². The van der Waals surface area contributed by atoms with Crippen LogP contribution in [0.5, 0.6) is 11.6 Å². The van der Waals surface area contributed by atoms with Gasteiger partial charge in [-0.2, -0.15) is 0 Å². The van der Waals surface area contributed by atoms with E-state index in [1.807, 2.05) is 30.5 Å². The lowest BCUT2D eigenvalue weighted by Gasteiger charge is -2.13. The van der Waals surface area contributed by atoms with Crippen molar-refractivity contribution in [3.8, 4) is 28.7 Å². The zero-order valence-corrected chi connectivity index (χ0v) is 12.2. The molecular weight excluding hydrogens is 278 g/mol. The zero-order valence-electron chi connectivity index (χ0n) is 12.2. The molecule has 0 saturated heterocycles. The number of rotatable bonds is 3. The first-order chi connectivity index (χ1) is 10.9. The lowest BCUT2D eigenvalue weighted by molar-refractivity contribution is 0.357. The summed E-state index contributed by atoms with van der Waals surface area (Å²) in [5.41, 5.74) is 3.17. The summed E-state index contributed by atoms with van der Waals surface area (Å²) < 4.78 is 13.1. The molecule has 0 aliphatic carbocycles. The highest BCUT2D eigenvalue weighted by atomic mass is 16.5. The quantitative estimate of drug-likeness (QED) is 0.745. The fourth-order valence-corrected chi connectivity index (χ4v) is 2.85. The monoisotopic (exact) mass is 293 g/mol. The normalized spacial score (nSPS) is 12.8. The van der Waals surface area contributed by atoms with Crippen molar-refractivity contribution in [2.45, 2.75) is 6.42 Å². The molecule has 1 aliphatic rings. The van der Waals surface area contributed by atoms with E-state index in [1.54, 1.807) is 19.5 Å². The van der Waals surface area contributed by atoms with Crippen LogP contribution in [-0.2, 0) is 6.42 Å². The lowest BCUT2D eigenvalue weighted by atomic mass is 10.1. The molecule has 2 aromatic heterocycles. The minimum absolute atomic E-state index is 0.568. The number of fused-ring (bicyclic) bond motifs is 1. The van der Waals surface area contributed by atoms with E-state index in [9.17, 15) is 0 Å². The first-order valence-electron chi connectivity index (χ1n) is 7.16. The second-order valence-electron chi connectivity index (χ2n) is 5.03. The molecule has 1 aliphatic heterocycles. The molecule has 4 rings (SSSR count). The Labute approximate surface area is 128 Å². The van der Waals surface area contributed by atoms with Gasteiger partial charge in [0.15, 0.2) is 0 Å². The molecule has 0 spiro atoms. The summed E-state index contributed by atoms with van der Waals surface area (Å²) in [5.74, 6) is 2.33. The van der Waals surface area contributed by atoms with Gasteiger partial charge in [0.2, 0.25) is 5.88 Å². The summed E-state index contributed by atoms with van der Waals surface area (Å²) in [5, 5.41) is 0. The van der Waals surface area contributed by atoms with Crippen molar-refractivity contribution in [1.29, 1.82) is 0 Å². The standard InChI is InChI=1S/C17H15N3O2/c1-21-17-13(4-3-8-19-17)16-18-9-10-20(16)14-5-2-6-15-12(14)7-11-22-15/h2-6,8-10H,7,11H2,1H3. The van der Waals surface area contributed by atoms with Gasteiger partial charge in [-0.15, -0.1) is 0 Å². The van der Waals surface area contributed by atoms with E-state index in [0.717, 1.165) is 35.9 Å². The third kappa shape index (κ3) is 1.94. The number of ether oxygens (including phenoxy) is 2. The van der Waals surface area contributed by atoms with Crippen LogP contribution in [0.25, 0.3) is 17.1 Å². The van der Waals surface area contributed by atoms with Crippen molar-refractivity contribution in [3.63, 3.8) is 0 Å². The summed E-state index contributed by atoms with van der Waals surface area (Å²) in [7, 11) is 1.62. The van der Waals surface area contributed by atoms with Crippen LogP contribution in [0.1, 0.15) is 5.56 Å². The van der Waals surface area contributed by atoms with Crippen LogP contribution in [0, 0.1) is 0 Å². The second-order valence-corrected chi connectivity index (χ2v) is 5.03. The fourth-order valence-electron chi connectivity index (χ4n) is 2.85. The highest BCUT2D eigenvalue weighted by Gasteiger charge is 2.20. The predicted molar refractivity (Wildman–Crippen MR) is 82.5 cm³/mol. The maximum absolute atomic E-state index is 5.66. The molecule has 3 heterocycles. The van der Waals surface area contributed by atoms with E-state index in [-0.39, 0.29) is 0 Å². The van der Waals surface area contributed by atoms with Gasteiger partial charge in [0, 0.05) is 30.6 Å². The van der Waals surface area contributed by atoms with Crippen molar-refractivity contribution in [2.24, 2.45) is 0 Å². The molecule has 0 radical (unpaired) electrons. The van der Waals surface area contributed by atoms with Crippen LogP contribution in [0.15, 0.2) is 48.9 Å². The lowest BCUT2D eigenvalue weighted by Crippen LogP contribution is -2.01. The molecule has 0 N–H and O–H groups in total. The first kappa shape index (κ1) is 12.9. The highest BCUT2D eigenvalue weighted by molar-refractivity contribution is 5.65. The topological polar surface area (TPSA) is 49.2 Å². The summed E-state index contributed by atoms with van der Waals surface area (Å²) in [6.45, 7) is 0.729. The summed E-state index contributed by atoms with van der Waals surface area (Å²) in [6, 6.07) is 9.94. The van der Waals surface area contributed by atoms with E-state index in [2.05, 4.69) is 20.6 Å². The molecule has 0 saturated carbocycles. The molecule has 110 valence electrons. The number of hydrogen-bond donors (Lipinski definition) is 0. The highest BCUT2D eigenvalue weighted by Crippen LogP contribution is 2.34. The molecule has 0 bridgehead atoms. The van der Waals surface area contributed by atoms with Gasteiger partial charge in [0.1, 0.15) is 11.6 Å². The second kappa shape index (κ2) is 5.18. The van der Waals surface area contributed by atoms with Gasteiger partial charge < -0.3 is 9.47 Å². The number of nitrogens with zero attached hydrogens (tertiary/aromatic N) is 3. The molecule has 0 fully saturated rings. The van der Waals surface area contributed by atoms with Gasteiger partial charge in [-0.1, -0.05) is 6.07 Å². The van der Waals surface area contributed by atoms with Gasteiger partial charge in [-0.3, -0.25) is 4.57 Å². The van der Waals surface area contributed by atoms with E-state index in [0.29, 0.717) is 5.88 Å².